The molecule has 0 aliphatic carbocycles. The molecule has 0 bridgehead atoms. The number of aromatic nitrogens is 1. The Labute approximate surface area is 165 Å². The number of benzene rings is 1. The molecule has 0 saturated heterocycles. The zero-order valence-electron chi connectivity index (χ0n) is 15.7. The molecule has 3 rings (SSSR count). The number of carbonyl (C=O) groups is 1. The van der Waals surface area contributed by atoms with Gasteiger partial charge in [-0.2, -0.15) is 0 Å². The fourth-order valence-corrected chi connectivity index (χ4v) is 2.86. The van der Waals surface area contributed by atoms with Crippen LogP contribution in [0, 0.1) is 13.8 Å². The van der Waals surface area contributed by atoms with E-state index in [0.29, 0.717) is 19.6 Å². The minimum absolute atomic E-state index is 0. The van der Waals surface area contributed by atoms with E-state index in [4.69, 9.17) is 9.26 Å². The molecule has 0 radical (unpaired) electrons. The molecule has 7 heteroatoms. The van der Waals surface area contributed by atoms with Crippen LogP contribution in [0.25, 0.3) is 0 Å². The highest BCUT2D eigenvalue weighted by atomic mass is 35.5. The molecule has 1 aliphatic heterocycles. The summed E-state index contributed by atoms with van der Waals surface area (Å²) in [4.78, 5) is 12.1. The first kappa shape index (κ1) is 21.0. The first-order chi connectivity index (χ1) is 12.6. The van der Waals surface area contributed by atoms with Crippen molar-refractivity contribution in [3.8, 4) is 5.75 Å². The highest BCUT2D eigenvalue weighted by molar-refractivity contribution is 5.85. The quantitative estimate of drug-likeness (QED) is 0.710. The minimum Gasteiger partial charge on any atom is -0.489 e. The molecule has 0 atom stereocenters. The van der Waals surface area contributed by atoms with Crippen LogP contribution >= 0.6 is 12.4 Å². The van der Waals surface area contributed by atoms with Crippen LogP contribution in [0.1, 0.15) is 29.0 Å². The minimum atomic E-state index is 0. The number of amides is 1. The number of aryl methyl sites for hydroxylation is 2. The van der Waals surface area contributed by atoms with Gasteiger partial charge in [0, 0.05) is 13.1 Å². The fraction of sp³-hybridized carbons (Fsp3) is 0.400. The number of nitrogens with zero attached hydrogens (tertiary/aromatic N) is 1. The van der Waals surface area contributed by atoms with Crippen LogP contribution in [-0.2, 0) is 17.8 Å². The monoisotopic (exact) mass is 391 g/mol. The van der Waals surface area contributed by atoms with Gasteiger partial charge in [0.2, 0.25) is 5.91 Å². The van der Waals surface area contributed by atoms with Crippen LogP contribution in [0.2, 0.25) is 0 Å². The van der Waals surface area contributed by atoms with Gasteiger partial charge in [-0.25, -0.2) is 0 Å². The van der Waals surface area contributed by atoms with E-state index < -0.39 is 0 Å². The highest BCUT2D eigenvalue weighted by Gasteiger charge is 2.10. The SMILES string of the molecule is Cc1noc(C)c1COc1ccc(CC(=O)NCC2=CCNCC2)cc1.Cl. The second-order valence-corrected chi connectivity index (χ2v) is 6.51. The first-order valence-corrected chi connectivity index (χ1v) is 8.90. The summed E-state index contributed by atoms with van der Waals surface area (Å²) < 4.78 is 10.9. The Balaban J connectivity index is 0.00000261. The van der Waals surface area contributed by atoms with Gasteiger partial charge in [0.1, 0.15) is 18.1 Å². The third kappa shape index (κ3) is 6.12. The van der Waals surface area contributed by atoms with E-state index in [-0.39, 0.29) is 18.3 Å². The van der Waals surface area contributed by atoms with Gasteiger partial charge in [-0.3, -0.25) is 4.79 Å². The predicted octanol–water partition coefficient (Wildman–Crippen LogP) is 2.87. The molecule has 146 valence electrons. The average Bonchev–Trinajstić information content (AvgIpc) is 2.98. The Morgan fingerprint density at radius 3 is 2.70 bits per heavy atom. The van der Waals surface area contributed by atoms with Gasteiger partial charge in [0.25, 0.3) is 0 Å². The third-order valence-corrected chi connectivity index (χ3v) is 4.52. The molecule has 2 N–H and O–H groups in total. The summed E-state index contributed by atoms with van der Waals surface area (Å²) in [5.41, 5.74) is 4.08. The van der Waals surface area contributed by atoms with Crippen molar-refractivity contribution in [2.24, 2.45) is 0 Å². The maximum atomic E-state index is 12.1. The molecule has 0 unspecified atom stereocenters. The Morgan fingerprint density at radius 2 is 2.07 bits per heavy atom. The van der Waals surface area contributed by atoms with Crippen molar-refractivity contribution in [1.82, 2.24) is 15.8 Å². The summed E-state index contributed by atoms with van der Waals surface area (Å²) in [5.74, 6) is 1.57. The largest absolute Gasteiger partial charge is 0.489 e. The molecule has 1 aromatic carbocycles. The van der Waals surface area contributed by atoms with Gasteiger partial charge >= 0.3 is 0 Å². The summed E-state index contributed by atoms with van der Waals surface area (Å²) in [6, 6.07) is 7.62. The number of hydrogen-bond donors (Lipinski definition) is 2. The van der Waals surface area contributed by atoms with Gasteiger partial charge in [0.15, 0.2) is 0 Å². The van der Waals surface area contributed by atoms with Gasteiger partial charge in [0.05, 0.1) is 17.7 Å². The predicted molar refractivity (Wildman–Crippen MR) is 106 cm³/mol. The van der Waals surface area contributed by atoms with Crippen LogP contribution in [0.15, 0.2) is 40.4 Å². The average molecular weight is 392 g/mol. The molecule has 2 aromatic rings. The van der Waals surface area contributed by atoms with Crippen molar-refractivity contribution in [1.29, 1.82) is 0 Å². The number of nitrogens with one attached hydrogen (secondary N) is 2. The molecule has 0 saturated carbocycles. The second-order valence-electron chi connectivity index (χ2n) is 6.51. The van der Waals surface area contributed by atoms with Crippen LogP contribution in [-0.4, -0.2) is 30.7 Å². The molecular weight excluding hydrogens is 366 g/mol. The molecule has 0 fully saturated rings. The van der Waals surface area contributed by atoms with Crippen LogP contribution in [0.4, 0.5) is 0 Å². The van der Waals surface area contributed by atoms with E-state index in [0.717, 1.165) is 47.8 Å². The molecule has 1 aromatic heterocycles. The topological polar surface area (TPSA) is 76.4 Å². The summed E-state index contributed by atoms with van der Waals surface area (Å²) in [6.45, 7) is 6.71. The van der Waals surface area contributed by atoms with Crippen molar-refractivity contribution in [3.05, 3.63) is 58.5 Å². The van der Waals surface area contributed by atoms with Crippen molar-refractivity contribution >= 4 is 18.3 Å². The van der Waals surface area contributed by atoms with E-state index in [9.17, 15) is 4.79 Å². The molecule has 27 heavy (non-hydrogen) atoms. The standard InChI is InChI=1S/C20H25N3O3.ClH/c1-14-19(15(2)26-23-14)13-25-18-5-3-16(4-6-18)11-20(24)22-12-17-7-9-21-10-8-17;/h3-7,21H,8-13H2,1-2H3,(H,22,24);1H. The second kappa shape index (κ2) is 10.1. The maximum Gasteiger partial charge on any atom is 0.224 e. The summed E-state index contributed by atoms with van der Waals surface area (Å²) in [7, 11) is 0. The van der Waals surface area contributed by atoms with Crippen LogP contribution in [0.3, 0.4) is 0 Å². The van der Waals surface area contributed by atoms with E-state index in [1.165, 1.54) is 5.57 Å². The van der Waals surface area contributed by atoms with Gasteiger partial charge in [-0.15, -0.1) is 12.4 Å². The number of ether oxygens (including phenoxy) is 1. The first-order valence-electron chi connectivity index (χ1n) is 8.90. The van der Waals surface area contributed by atoms with Gasteiger partial charge in [-0.1, -0.05) is 28.9 Å². The number of carbonyl (C=O) groups excluding carboxylic acids is 1. The van der Waals surface area contributed by atoms with E-state index in [1.54, 1.807) is 0 Å². The van der Waals surface area contributed by atoms with Crippen LogP contribution < -0.4 is 15.4 Å². The lowest BCUT2D eigenvalue weighted by atomic mass is 10.1. The number of halogens is 1. The lowest BCUT2D eigenvalue weighted by molar-refractivity contribution is -0.120. The van der Waals surface area contributed by atoms with E-state index >= 15 is 0 Å². The Kier molecular flexibility index (Phi) is 7.88. The molecule has 1 amide bonds. The van der Waals surface area contributed by atoms with Crippen molar-refractivity contribution in [2.75, 3.05) is 19.6 Å². The Morgan fingerprint density at radius 1 is 1.30 bits per heavy atom. The molecule has 2 heterocycles. The molecular formula is C20H26ClN3O3. The van der Waals surface area contributed by atoms with Gasteiger partial charge in [-0.05, 0) is 44.5 Å². The summed E-state index contributed by atoms with van der Waals surface area (Å²) in [6.07, 6.45) is 3.52. The summed E-state index contributed by atoms with van der Waals surface area (Å²) >= 11 is 0. The van der Waals surface area contributed by atoms with Crippen molar-refractivity contribution in [2.45, 2.75) is 33.3 Å². The normalized spacial score (nSPS) is 13.5. The van der Waals surface area contributed by atoms with E-state index in [1.807, 2.05) is 38.1 Å². The lowest BCUT2D eigenvalue weighted by Crippen LogP contribution is -2.30. The zero-order chi connectivity index (χ0) is 18.4. The number of rotatable bonds is 7. The molecule has 6 nitrogen and oxygen atoms in total. The summed E-state index contributed by atoms with van der Waals surface area (Å²) in [5, 5.41) is 10.2. The van der Waals surface area contributed by atoms with Gasteiger partial charge < -0.3 is 19.9 Å². The highest BCUT2D eigenvalue weighted by Crippen LogP contribution is 2.18. The van der Waals surface area contributed by atoms with Crippen LogP contribution in [0.5, 0.6) is 5.75 Å². The Hall–Kier alpha value is -2.31. The smallest absolute Gasteiger partial charge is 0.224 e. The van der Waals surface area contributed by atoms with Crippen molar-refractivity contribution < 1.29 is 14.1 Å². The van der Waals surface area contributed by atoms with E-state index in [2.05, 4.69) is 21.9 Å². The fourth-order valence-electron chi connectivity index (χ4n) is 2.86. The molecule has 1 aliphatic rings. The lowest BCUT2D eigenvalue weighted by Gasteiger charge is -2.14. The van der Waals surface area contributed by atoms with Crippen molar-refractivity contribution in [3.63, 3.8) is 0 Å². The zero-order valence-corrected chi connectivity index (χ0v) is 16.5. The molecule has 0 spiro atoms. The third-order valence-electron chi connectivity index (χ3n) is 4.52. The Bertz CT molecular complexity index is 765. The maximum absolute atomic E-state index is 12.1. The number of hydrogen-bond acceptors (Lipinski definition) is 5.